The van der Waals surface area contributed by atoms with E-state index in [0.29, 0.717) is 5.33 Å². The van der Waals surface area contributed by atoms with Crippen LogP contribution in [0, 0.1) is 16.0 Å². The van der Waals surface area contributed by atoms with Crippen LogP contribution in [0.2, 0.25) is 0 Å². The van der Waals surface area contributed by atoms with Gasteiger partial charge in [-0.15, -0.1) is 0 Å². The molecule has 1 aromatic heterocycles. The highest BCUT2D eigenvalue weighted by Crippen LogP contribution is 2.11. The van der Waals surface area contributed by atoms with Crippen molar-refractivity contribution < 1.29 is 4.92 Å². The van der Waals surface area contributed by atoms with Crippen LogP contribution in [0.15, 0.2) is 15.8 Å². The summed E-state index contributed by atoms with van der Waals surface area (Å²) in [5.41, 5.74) is -1.88. The SMILES string of the molecule is CCCC(CBr)Cn1c(=O)c([N+](=O)[O-])cn(CC)c1=O. The molecule has 8 heteroatoms. The molecule has 7 nitrogen and oxygen atoms in total. The molecule has 0 bridgehead atoms. The summed E-state index contributed by atoms with van der Waals surface area (Å²) in [7, 11) is 0. The Balaban J connectivity index is 3.37. The van der Waals surface area contributed by atoms with Gasteiger partial charge in [0, 0.05) is 18.4 Å². The molecule has 0 N–H and O–H groups in total. The number of alkyl halides is 1. The number of nitro groups is 1. The Morgan fingerprint density at radius 3 is 2.50 bits per heavy atom. The van der Waals surface area contributed by atoms with Gasteiger partial charge in [0.2, 0.25) is 0 Å². The molecule has 1 atom stereocenters. The van der Waals surface area contributed by atoms with Crippen molar-refractivity contribution in [2.75, 3.05) is 5.33 Å². The zero-order valence-electron chi connectivity index (χ0n) is 11.5. The summed E-state index contributed by atoms with van der Waals surface area (Å²) in [6.07, 6.45) is 2.78. The maximum Gasteiger partial charge on any atom is 0.350 e. The summed E-state index contributed by atoms with van der Waals surface area (Å²) >= 11 is 3.35. The predicted molar refractivity (Wildman–Crippen MR) is 79.5 cm³/mol. The first-order chi connectivity index (χ1) is 9.46. The summed E-state index contributed by atoms with van der Waals surface area (Å²) in [6, 6.07) is 0. The fraction of sp³-hybridized carbons (Fsp3) is 0.667. The monoisotopic (exact) mass is 347 g/mol. The number of halogens is 1. The topological polar surface area (TPSA) is 87.1 Å². The first kappa shape index (κ1) is 16.6. The van der Waals surface area contributed by atoms with Gasteiger partial charge in [0.1, 0.15) is 0 Å². The molecule has 0 fully saturated rings. The summed E-state index contributed by atoms with van der Waals surface area (Å²) in [4.78, 5) is 34.3. The van der Waals surface area contributed by atoms with Crippen LogP contribution in [-0.4, -0.2) is 19.4 Å². The number of nitrogens with zero attached hydrogens (tertiary/aromatic N) is 3. The second-order valence-corrected chi connectivity index (χ2v) is 5.21. The van der Waals surface area contributed by atoms with Crippen LogP contribution in [0.5, 0.6) is 0 Å². The van der Waals surface area contributed by atoms with Gasteiger partial charge < -0.3 is 0 Å². The van der Waals surface area contributed by atoms with E-state index < -0.39 is 21.9 Å². The van der Waals surface area contributed by atoms with Gasteiger partial charge in [0.05, 0.1) is 11.1 Å². The normalized spacial score (nSPS) is 12.3. The average Bonchev–Trinajstić information content (AvgIpc) is 2.42. The molecule has 0 saturated carbocycles. The highest BCUT2D eigenvalue weighted by molar-refractivity contribution is 9.09. The van der Waals surface area contributed by atoms with E-state index in [2.05, 4.69) is 15.9 Å². The third-order valence-corrected chi connectivity index (χ3v) is 4.03. The van der Waals surface area contributed by atoms with Gasteiger partial charge in [-0.05, 0) is 19.3 Å². The first-order valence-electron chi connectivity index (χ1n) is 6.50. The molecular formula is C12H18BrN3O4. The maximum atomic E-state index is 12.1. The maximum absolute atomic E-state index is 12.1. The fourth-order valence-corrected chi connectivity index (χ4v) is 2.56. The van der Waals surface area contributed by atoms with Crippen LogP contribution in [-0.2, 0) is 13.1 Å². The van der Waals surface area contributed by atoms with Crippen molar-refractivity contribution in [2.45, 2.75) is 39.8 Å². The van der Waals surface area contributed by atoms with Crippen LogP contribution >= 0.6 is 15.9 Å². The molecule has 1 unspecified atom stereocenters. The Morgan fingerprint density at radius 1 is 1.40 bits per heavy atom. The number of aromatic nitrogens is 2. The molecule has 0 spiro atoms. The Bertz CT molecular complexity index is 593. The minimum atomic E-state index is -0.827. The van der Waals surface area contributed by atoms with Crippen LogP contribution in [0.1, 0.15) is 26.7 Å². The van der Waals surface area contributed by atoms with E-state index in [9.17, 15) is 19.7 Å². The molecule has 0 radical (unpaired) electrons. The molecule has 20 heavy (non-hydrogen) atoms. The van der Waals surface area contributed by atoms with Gasteiger partial charge in [-0.25, -0.2) is 4.79 Å². The van der Waals surface area contributed by atoms with Crippen LogP contribution in [0.25, 0.3) is 0 Å². The van der Waals surface area contributed by atoms with Gasteiger partial charge in [-0.3, -0.25) is 24.0 Å². The molecule has 0 amide bonds. The van der Waals surface area contributed by atoms with E-state index in [1.807, 2.05) is 6.92 Å². The number of aryl methyl sites for hydroxylation is 1. The highest BCUT2D eigenvalue weighted by Gasteiger charge is 2.21. The van der Waals surface area contributed by atoms with E-state index in [1.54, 1.807) is 6.92 Å². The van der Waals surface area contributed by atoms with Gasteiger partial charge in [0.15, 0.2) is 0 Å². The number of rotatable bonds is 7. The number of hydrogen-bond acceptors (Lipinski definition) is 4. The van der Waals surface area contributed by atoms with Crippen molar-refractivity contribution in [1.29, 1.82) is 0 Å². The van der Waals surface area contributed by atoms with E-state index in [-0.39, 0.29) is 19.0 Å². The Morgan fingerprint density at radius 2 is 2.05 bits per heavy atom. The summed E-state index contributed by atoms with van der Waals surface area (Å²) < 4.78 is 2.17. The van der Waals surface area contributed by atoms with Gasteiger partial charge in [-0.2, -0.15) is 0 Å². The fourth-order valence-electron chi connectivity index (χ4n) is 2.03. The molecule has 0 aliphatic carbocycles. The lowest BCUT2D eigenvalue weighted by Gasteiger charge is -2.15. The minimum absolute atomic E-state index is 0.0951. The molecule has 1 rings (SSSR count). The highest BCUT2D eigenvalue weighted by atomic mass is 79.9. The minimum Gasteiger partial charge on any atom is -0.294 e. The van der Waals surface area contributed by atoms with Crippen molar-refractivity contribution in [3.63, 3.8) is 0 Å². The van der Waals surface area contributed by atoms with Crippen molar-refractivity contribution in [3.8, 4) is 0 Å². The van der Waals surface area contributed by atoms with E-state index in [4.69, 9.17) is 0 Å². The second kappa shape index (κ2) is 7.37. The van der Waals surface area contributed by atoms with E-state index in [0.717, 1.165) is 23.6 Å². The smallest absolute Gasteiger partial charge is 0.294 e. The summed E-state index contributed by atoms with van der Waals surface area (Å²) in [6.45, 7) is 4.19. The van der Waals surface area contributed by atoms with E-state index >= 15 is 0 Å². The van der Waals surface area contributed by atoms with E-state index in [1.165, 1.54) is 4.57 Å². The molecule has 0 aliphatic heterocycles. The Hall–Kier alpha value is -1.44. The van der Waals surface area contributed by atoms with Crippen LogP contribution in [0.3, 0.4) is 0 Å². The Labute approximate surface area is 124 Å². The zero-order chi connectivity index (χ0) is 15.3. The third-order valence-electron chi connectivity index (χ3n) is 3.11. The second-order valence-electron chi connectivity index (χ2n) is 4.56. The van der Waals surface area contributed by atoms with Gasteiger partial charge in [-0.1, -0.05) is 29.3 Å². The Kier molecular flexibility index (Phi) is 6.12. The van der Waals surface area contributed by atoms with Gasteiger partial charge in [0.25, 0.3) is 0 Å². The molecule has 0 saturated heterocycles. The quantitative estimate of drug-likeness (QED) is 0.427. The predicted octanol–water partition coefficient (Wildman–Crippen LogP) is 1.75. The molecular weight excluding hydrogens is 330 g/mol. The zero-order valence-corrected chi connectivity index (χ0v) is 13.1. The lowest BCUT2D eigenvalue weighted by atomic mass is 10.1. The molecule has 112 valence electrons. The first-order valence-corrected chi connectivity index (χ1v) is 7.62. The van der Waals surface area contributed by atoms with Crippen molar-refractivity contribution in [1.82, 2.24) is 9.13 Å². The number of hydrogen-bond donors (Lipinski definition) is 0. The van der Waals surface area contributed by atoms with Gasteiger partial charge >= 0.3 is 16.9 Å². The summed E-state index contributed by atoms with van der Waals surface area (Å²) in [5, 5.41) is 11.5. The largest absolute Gasteiger partial charge is 0.350 e. The lowest BCUT2D eigenvalue weighted by Crippen LogP contribution is -2.42. The summed E-state index contributed by atoms with van der Waals surface area (Å²) in [5.74, 6) is 0.0951. The van der Waals surface area contributed by atoms with Crippen LogP contribution < -0.4 is 11.2 Å². The van der Waals surface area contributed by atoms with Crippen molar-refractivity contribution >= 4 is 21.6 Å². The van der Waals surface area contributed by atoms with Crippen LogP contribution in [0.4, 0.5) is 5.69 Å². The average molecular weight is 348 g/mol. The third kappa shape index (κ3) is 3.56. The molecule has 0 aliphatic rings. The lowest BCUT2D eigenvalue weighted by molar-refractivity contribution is -0.387. The van der Waals surface area contributed by atoms with Crippen molar-refractivity contribution in [2.24, 2.45) is 5.92 Å². The van der Waals surface area contributed by atoms with Crippen molar-refractivity contribution in [3.05, 3.63) is 37.1 Å². The standard InChI is InChI=1S/C12H18BrN3O4/c1-3-5-9(6-13)7-15-11(17)10(16(19)20)8-14(4-2)12(15)18/h8-9H,3-7H2,1-2H3. The molecule has 0 aromatic carbocycles. The molecule has 1 heterocycles. The molecule has 1 aromatic rings.